The van der Waals surface area contributed by atoms with Gasteiger partial charge < -0.3 is 15.7 Å². The van der Waals surface area contributed by atoms with Gasteiger partial charge in [-0.15, -0.1) is 0 Å². The number of hydrogen-bond acceptors (Lipinski definition) is 2. The van der Waals surface area contributed by atoms with E-state index in [2.05, 4.69) is 10.6 Å². The molecule has 3 N–H and O–H groups in total. The zero-order valence-electron chi connectivity index (χ0n) is 9.95. The summed E-state index contributed by atoms with van der Waals surface area (Å²) in [6.45, 7) is 0. The summed E-state index contributed by atoms with van der Waals surface area (Å²) in [6, 6.07) is 8.97. The Hall–Kier alpha value is -1.62. The van der Waals surface area contributed by atoms with E-state index in [-0.39, 0.29) is 15.8 Å². The molecule has 2 rings (SSSR count). The van der Waals surface area contributed by atoms with Gasteiger partial charge >= 0.3 is 6.03 Å². The van der Waals surface area contributed by atoms with E-state index in [9.17, 15) is 9.90 Å². The number of carbonyl (C=O) groups is 1. The van der Waals surface area contributed by atoms with Crippen LogP contribution in [-0.4, -0.2) is 11.1 Å². The number of carbonyl (C=O) groups excluding carboxylic acids is 1. The largest absolute Gasteiger partial charge is 0.505 e. The van der Waals surface area contributed by atoms with Crippen molar-refractivity contribution in [2.24, 2.45) is 0 Å². The van der Waals surface area contributed by atoms with E-state index < -0.39 is 6.03 Å². The van der Waals surface area contributed by atoms with E-state index in [1.165, 1.54) is 12.1 Å². The minimum atomic E-state index is -0.467. The van der Waals surface area contributed by atoms with Crippen LogP contribution < -0.4 is 10.6 Å². The minimum absolute atomic E-state index is 0.0549. The molecular weight excluding hydrogens is 323 g/mol. The minimum Gasteiger partial charge on any atom is -0.505 e. The molecule has 0 radical (unpaired) electrons. The first kappa shape index (κ1) is 14.8. The topological polar surface area (TPSA) is 61.4 Å². The Morgan fingerprint density at radius 3 is 1.95 bits per heavy atom. The molecule has 0 aromatic heterocycles. The van der Waals surface area contributed by atoms with Crippen molar-refractivity contribution in [1.82, 2.24) is 0 Å². The summed E-state index contributed by atoms with van der Waals surface area (Å²) in [5.41, 5.74) is 0.951. The lowest BCUT2D eigenvalue weighted by Gasteiger charge is -2.09. The molecule has 0 atom stereocenters. The molecule has 0 fully saturated rings. The Morgan fingerprint density at radius 1 is 0.900 bits per heavy atom. The maximum Gasteiger partial charge on any atom is 0.323 e. The monoisotopic (exact) mass is 330 g/mol. The lowest BCUT2D eigenvalue weighted by molar-refractivity contribution is 0.262. The lowest BCUT2D eigenvalue weighted by Crippen LogP contribution is -2.19. The SMILES string of the molecule is O=C(Nc1ccc(Cl)cc1)Nc1cc(Cl)c(O)c(Cl)c1. The Balaban J connectivity index is 2.06. The second kappa shape index (κ2) is 6.22. The van der Waals surface area contributed by atoms with Crippen LogP contribution in [0, 0.1) is 0 Å². The van der Waals surface area contributed by atoms with Crippen LogP contribution in [-0.2, 0) is 0 Å². The maximum atomic E-state index is 11.8. The average Bonchev–Trinajstić information content (AvgIpc) is 2.38. The summed E-state index contributed by atoms with van der Waals surface area (Å²) in [6.07, 6.45) is 0. The number of aromatic hydroxyl groups is 1. The van der Waals surface area contributed by atoms with Gasteiger partial charge in [-0.05, 0) is 36.4 Å². The zero-order valence-corrected chi connectivity index (χ0v) is 12.2. The van der Waals surface area contributed by atoms with Gasteiger partial charge in [0, 0.05) is 16.4 Å². The lowest BCUT2D eigenvalue weighted by atomic mass is 10.3. The van der Waals surface area contributed by atoms with Gasteiger partial charge in [-0.3, -0.25) is 0 Å². The standard InChI is InChI=1S/C13H9Cl3N2O2/c14-7-1-3-8(4-2-7)17-13(20)18-9-5-10(15)12(19)11(16)6-9/h1-6,19H,(H2,17,18,20). The summed E-state index contributed by atoms with van der Waals surface area (Å²) in [4.78, 5) is 11.8. The first-order valence-electron chi connectivity index (χ1n) is 5.47. The molecule has 0 unspecified atom stereocenters. The molecule has 2 aromatic rings. The molecule has 0 aliphatic carbocycles. The number of rotatable bonds is 2. The molecule has 0 heterocycles. The highest BCUT2D eigenvalue weighted by molar-refractivity contribution is 6.37. The highest BCUT2D eigenvalue weighted by Crippen LogP contribution is 2.34. The molecule has 104 valence electrons. The molecule has 20 heavy (non-hydrogen) atoms. The number of nitrogens with one attached hydrogen (secondary N) is 2. The number of halogens is 3. The fraction of sp³-hybridized carbons (Fsp3) is 0. The van der Waals surface area contributed by atoms with E-state index in [0.29, 0.717) is 16.4 Å². The highest BCUT2D eigenvalue weighted by atomic mass is 35.5. The van der Waals surface area contributed by atoms with Crippen molar-refractivity contribution < 1.29 is 9.90 Å². The Kier molecular flexibility index (Phi) is 4.60. The second-order valence-corrected chi connectivity index (χ2v) is 5.13. The summed E-state index contributed by atoms with van der Waals surface area (Å²) >= 11 is 17.3. The number of hydrogen-bond donors (Lipinski definition) is 3. The van der Waals surface area contributed by atoms with Crippen molar-refractivity contribution >= 4 is 52.2 Å². The van der Waals surface area contributed by atoms with Crippen LogP contribution in [0.1, 0.15) is 0 Å². The van der Waals surface area contributed by atoms with Crippen molar-refractivity contribution in [3.63, 3.8) is 0 Å². The Bertz CT molecular complexity index is 622. The van der Waals surface area contributed by atoms with Crippen LogP contribution in [0.3, 0.4) is 0 Å². The van der Waals surface area contributed by atoms with Gasteiger partial charge in [0.05, 0.1) is 10.0 Å². The third-order valence-corrected chi connectivity index (χ3v) is 3.21. The van der Waals surface area contributed by atoms with Crippen molar-refractivity contribution in [3.8, 4) is 5.75 Å². The van der Waals surface area contributed by atoms with Gasteiger partial charge in [-0.1, -0.05) is 34.8 Å². The third kappa shape index (κ3) is 3.70. The predicted molar refractivity (Wildman–Crippen MR) is 82.2 cm³/mol. The molecule has 0 spiro atoms. The molecule has 2 aromatic carbocycles. The van der Waals surface area contributed by atoms with Gasteiger partial charge in [-0.25, -0.2) is 4.79 Å². The normalized spacial score (nSPS) is 10.2. The van der Waals surface area contributed by atoms with E-state index in [1.54, 1.807) is 24.3 Å². The molecule has 2 amide bonds. The van der Waals surface area contributed by atoms with E-state index >= 15 is 0 Å². The van der Waals surface area contributed by atoms with Crippen LogP contribution in [0.25, 0.3) is 0 Å². The molecular formula is C13H9Cl3N2O2. The van der Waals surface area contributed by atoms with Crippen LogP contribution >= 0.6 is 34.8 Å². The first-order chi connectivity index (χ1) is 9.45. The predicted octanol–water partition coefficient (Wildman–Crippen LogP) is 5.00. The molecule has 0 bridgehead atoms. The van der Waals surface area contributed by atoms with Crippen molar-refractivity contribution in [1.29, 1.82) is 0 Å². The van der Waals surface area contributed by atoms with Crippen LogP contribution in [0.15, 0.2) is 36.4 Å². The van der Waals surface area contributed by atoms with Gasteiger partial charge in [-0.2, -0.15) is 0 Å². The Morgan fingerprint density at radius 2 is 1.40 bits per heavy atom. The number of phenols is 1. The number of anilines is 2. The Labute approximate surface area is 130 Å². The molecule has 0 saturated carbocycles. The molecule has 7 heteroatoms. The van der Waals surface area contributed by atoms with Gasteiger partial charge in [0.1, 0.15) is 0 Å². The molecule has 0 aliphatic heterocycles. The summed E-state index contributed by atoms with van der Waals surface area (Å²) in [5.74, 6) is -0.225. The summed E-state index contributed by atoms with van der Waals surface area (Å²) in [5, 5.41) is 15.3. The van der Waals surface area contributed by atoms with Crippen LogP contribution in [0.2, 0.25) is 15.1 Å². The number of phenolic OH excluding ortho intramolecular Hbond substituents is 1. The second-order valence-electron chi connectivity index (χ2n) is 3.87. The van der Waals surface area contributed by atoms with Gasteiger partial charge in [0.25, 0.3) is 0 Å². The molecule has 0 saturated heterocycles. The summed E-state index contributed by atoms with van der Waals surface area (Å²) < 4.78 is 0. The third-order valence-electron chi connectivity index (χ3n) is 2.38. The number of urea groups is 1. The van der Waals surface area contributed by atoms with Crippen molar-refractivity contribution in [2.75, 3.05) is 10.6 Å². The van der Waals surface area contributed by atoms with Crippen LogP contribution in [0.5, 0.6) is 5.75 Å². The number of benzene rings is 2. The van der Waals surface area contributed by atoms with Crippen molar-refractivity contribution in [3.05, 3.63) is 51.5 Å². The van der Waals surface area contributed by atoms with E-state index in [1.807, 2.05) is 0 Å². The van der Waals surface area contributed by atoms with Gasteiger partial charge in [0.2, 0.25) is 0 Å². The molecule has 4 nitrogen and oxygen atoms in total. The maximum absolute atomic E-state index is 11.8. The van der Waals surface area contributed by atoms with Crippen LogP contribution in [0.4, 0.5) is 16.2 Å². The van der Waals surface area contributed by atoms with Gasteiger partial charge in [0.15, 0.2) is 5.75 Å². The summed E-state index contributed by atoms with van der Waals surface area (Å²) in [7, 11) is 0. The van der Waals surface area contributed by atoms with E-state index in [0.717, 1.165) is 0 Å². The quantitative estimate of drug-likeness (QED) is 0.678. The highest BCUT2D eigenvalue weighted by Gasteiger charge is 2.09. The van der Waals surface area contributed by atoms with E-state index in [4.69, 9.17) is 34.8 Å². The van der Waals surface area contributed by atoms with Crippen molar-refractivity contribution in [2.45, 2.75) is 0 Å². The smallest absolute Gasteiger partial charge is 0.323 e. The number of amides is 2. The zero-order chi connectivity index (χ0) is 14.7. The molecule has 0 aliphatic rings. The first-order valence-corrected chi connectivity index (χ1v) is 6.60. The average molecular weight is 332 g/mol. The fourth-order valence-corrected chi connectivity index (χ4v) is 2.08. The fourth-order valence-electron chi connectivity index (χ4n) is 1.46.